The number of amides is 1. The summed E-state index contributed by atoms with van der Waals surface area (Å²) in [6, 6.07) is 7.82. The minimum Gasteiger partial charge on any atom is -0.491 e. The second-order valence-electron chi connectivity index (χ2n) is 6.82. The second kappa shape index (κ2) is 7.99. The molecule has 5 heteroatoms. The van der Waals surface area contributed by atoms with E-state index in [2.05, 4.69) is 0 Å². The van der Waals surface area contributed by atoms with Crippen molar-refractivity contribution in [2.24, 2.45) is 5.92 Å². The lowest BCUT2D eigenvalue weighted by atomic mass is 9.95. The van der Waals surface area contributed by atoms with Crippen LogP contribution in [0.5, 0.6) is 5.75 Å². The Labute approximate surface area is 143 Å². The molecule has 0 unspecified atom stereocenters. The molecule has 0 aliphatic carbocycles. The molecule has 0 N–H and O–H groups in total. The fourth-order valence-electron chi connectivity index (χ4n) is 3.36. The summed E-state index contributed by atoms with van der Waals surface area (Å²) in [4.78, 5) is 14.5. The summed E-state index contributed by atoms with van der Waals surface area (Å²) in [6.45, 7) is 6.96. The standard InChI is InChI=1S/C19H27NO4/c1-14(2)24-17-5-3-4-15(12-17)13-18(21)20-8-6-16(7-9-20)19-22-10-11-23-19/h3-5,12,14,16,19H,6-11,13H2,1-2H3. The van der Waals surface area contributed by atoms with E-state index in [1.54, 1.807) is 0 Å². The van der Waals surface area contributed by atoms with Crippen LogP contribution in [0, 0.1) is 5.92 Å². The second-order valence-corrected chi connectivity index (χ2v) is 6.82. The summed E-state index contributed by atoms with van der Waals surface area (Å²) in [7, 11) is 0. The van der Waals surface area contributed by atoms with Crippen LogP contribution in [-0.2, 0) is 20.7 Å². The molecule has 0 aromatic heterocycles. The van der Waals surface area contributed by atoms with Gasteiger partial charge in [-0.2, -0.15) is 0 Å². The summed E-state index contributed by atoms with van der Waals surface area (Å²) >= 11 is 0. The number of ether oxygens (including phenoxy) is 3. The Morgan fingerprint density at radius 3 is 2.62 bits per heavy atom. The zero-order valence-electron chi connectivity index (χ0n) is 14.6. The molecule has 132 valence electrons. The number of hydrogen-bond donors (Lipinski definition) is 0. The van der Waals surface area contributed by atoms with E-state index in [1.807, 2.05) is 43.0 Å². The van der Waals surface area contributed by atoms with Crippen molar-refractivity contribution in [1.29, 1.82) is 0 Å². The van der Waals surface area contributed by atoms with Crippen molar-refractivity contribution in [3.8, 4) is 5.75 Å². The van der Waals surface area contributed by atoms with E-state index in [1.165, 1.54) is 0 Å². The first-order valence-electron chi connectivity index (χ1n) is 8.88. The van der Waals surface area contributed by atoms with Crippen LogP contribution in [-0.4, -0.2) is 49.5 Å². The summed E-state index contributed by atoms with van der Waals surface area (Å²) < 4.78 is 16.9. The highest BCUT2D eigenvalue weighted by Gasteiger charge is 2.31. The molecule has 0 saturated carbocycles. The van der Waals surface area contributed by atoms with Crippen LogP contribution in [0.2, 0.25) is 0 Å². The third-order valence-corrected chi connectivity index (χ3v) is 4.55. The molecular weight excluding hydrogens is 306 g/mol. The fourth-order valence-corrected chi connectivity index (χ4v) is 3.36. The lowest BCUT2D eigenvalue weighted by Gasteiger charge is -2.34. The minimum atomic E-state index is -0.0629. The molecule has 3 rings (SSSR count). The van der Waals surface area contributed by atoms with Crippen molar-refractivity contribution in [2.45, 2.75) is 45.5 Å². The molecule has 2 aliphatic heterocycles. The third-order valence-electron chi connectivity index (χ3n) is 4.55. The van der Waals surface area contributed by atoms with Gasteiger partial charge in [0.1, 0.15) is 5.75 Å². The molecule has 1 amide bonds. The lowest BCUT2D eigenvalue weighted by Crippen LogP contribution is -2.42. The smallest absolute Gasteiger partial charge is 0.226 e. The van der Waals surface area contributed by atoms with Gasteiger partial charge in [-0.25, -0.2) is 0 Å². The minimum absolute atomic E-state index is 0.0629. The molecule has 2 saturated heterocycles. The van der Waals surface area contributed by atoms with Gasteiger partial charge in [0.25, 0.3) is 0 Å². The van der Waals surface area contributed by atoms with Crippen molar-refractivity contribution in [3.05, 3.63) is 29.8 Å². The molecule has 0 bridgehead atoms. The Morgan fingerprint density at radius 2 is 1.96 bits per heavy atom. The van der Waals surface area contributed by atoms with E-state index >= 15 is 0 Å². The molecule has 2 heterocycles. The van der Waals surface area contributed by atoms with Crippen LogP contribution in [0.3, 0.4) is 0 Å². The number of carbonyl (C=O) groups excluding carboxylic acids is 1. The van der Waals surface area contributed by atoms with Crippen LogP contribution in [0.15, 0.2) is 24.3 Å². The first-order valence-corrected chi connectivity index (χ1v) is 8.88. The number of carbonyl (C=O) groups is 1. The van der Waals surface area contributed by atoms with Gasteiger partial charge >= 0.3 is 0 Å². The van der Waals surface area contributed by atoms with Crippen molar-refractivity contribution >= 4 is 5.91 Å². The Hall–Kier alpha value is -1.59. The molecular formula is C19H27NO4. The highest BCUT2D eigenvalue weighted by atomic mass is 16.7. The maximum atomic E-state index is 12.6. The molecule has 1 aromatic rings. The number of hydrogen-bond acceptors (Lipinski definition) is 4. The topological polar surface area (TPSA) is 48.0 Å². The van der Waals surface area contributed by atoms with Crippen LogP contribution in [0.4, 0.5) is 0 Å². The van der Waals surface area contributed by atoms with E-state index < -0.39 is 0 Å². The molecule has 2 fully saturated rings. The van der Waals surface area contributed by atoms with Gasteiger partial charge in [-0.15, -0.1) is 0 Å². The van der Waals surface area contributed by atoms with Gasteiger partial charge in [0.05, 0.1) is 25.7 Å². The zero-order valence-corrected chi connectivity index (χ0v) is 14.6. The highest BCUT2D eigenvalue weighted by molar-refractivity contribution is 5.79. The van der Waals surface area contributed by atoms with Gasteiger partial charge in [0, 0.05) is 19.0 Å². The fraction of sp³-hybridized carbons (Fsp3) is 0.632. The molecule has 1 aromatic carbocycles. The Morgan fingerprint density at radius 1 is 1.25 bits per heavy atom. The van der Waals surface area contributed by atoms with Gasteiger partial charge in [-0.1, -0.05) is 12.1 Å². The van der Waals surface area contributed by atoms with Gasteiger partial charge in [-0.05, 0) is 44.4 Å². The molecule has 0 radical (unpaired) electrons. The van der Waals surface area contributed by atoms with Crippen molar-refractivity contribution in [3.63, 3.8) is 0 Å². The third kappa shape index (κ3) is 4.48. The quantitative estimate of drug-likeness (QED) is 0.831. The van der Waals surface area contributed by atoms with Crippen molar-refractivity contribution in [2.75, 3.05) is 26.3 Å². The zero-order chi connectivity index (χ0) is 16.9. The summed E-state index contributed by atoms with van der Waals surface area (Å²) in [6.07, 6.45) is 2.40. The molecule has 24 heavy (non-hydrogen) atoms. The number of piperidine rings is 1. The van der Waals surface area contributed by atoms with Gasteiger partial charge in [0.15, 0.2) is 6.29 Å². The molecule has 0 spiro atoms. The Balaban J connectivity index is 1.50. The normalized spacial score (nSPS) is 19.9. The average molecular weight is 333 g/mol. The molecule has 5 nitrogen and oxygen atoms in total. The van der Waals surface area contributed by atoms with E-state index in [9.17, 15) is 4.79 Å². The SMILES string of the molecule is CC(C)Oc1cccc(CC(=O)N2CCC(C3OCCO3)CC2)c1. The van der Waals surface area contributed by atoms with E-state index in [4.69, 9.17) is 14.2 Å². The predicted octanol–water partition coefficient (Wildman–Crippen LogP) is 2.63. The number of benzene rings is 1. The van der Waals surface area contributed by atoms with Crippen molar-refractivity contribution in [1.82, 2.24) is 4.90 Å². The number of nitrogens with zero attached hydrogens (tertiary/aromatic N) is 1. The van der Waals surface area contributed by atoms with E-state index in [0.717, 1.165) is 37.2 Å². The lowest BCUT2D eigenvalue weighted by molar-refractivity contribution is -0.136. The Bertz CT molecular complexity index is 546. The van der Waals surface area contributed by atoms with Crippen LogP contribution >= 0.6 is 0 Å². The monoisotopic (exact) mass is 333 g/mol. The first-order chi connectivity index (χ1) is 11.6. The van der Waals surface area contributed by atoms with Gasteiger partial charge in [0.2, 0.25) is 5.91 Å². The van der Waals surface area contributed by atoms with Crippen molar-refractivity contribution < 1.29 is 19.0 Å². The largest absolute Gasteiger partial charge is 0.491 e. The predicted molar refractivity (Wildman–Crippen MR) is 90.9 cm³/mol. The average Bonchev–Trinajstić information content (AvgIpc) is 3.09. The van der Waals surface area contributed by atoms with Crippen LogP contribution in [0.1, 0.15) is 32.3 Å². The summed E-state index contributed by atoms with van der Waals surface area (Å²) in [5, 5.41) is 0. The maximum Gasteiger partial charge on any atom is 0.226 e. The Kier molecular flexibility index (Phi) is 5.74. The number of rotatable bonds is 5. The summed E-state index contributed by atoms with van der Waals surface area (Å²) in [5.74, 6) is 1.42. The number of likely N-dealkylation sites (tertiary alicyclic amines) is 1. The van der Waals surface area contributed by atoms with E-state index in [-0.39, 0.29) is 18.3 Å². The van der Waals surface area contributed by atoms with Crippen LogP contribution in [0.25, 0.3) is 0 Å². The maximum absolute atomic E-state index is 12.6. The van der Waals surface area contributed by atoms with E-state index in [0.29, 0.717) is 25.6 Å². The van der Waals surface area contributed by atoms with Crippen LogP contribution < -0.4 is 4.74 Å². The van der Waals surface area contributed by atoms with Gasteiger partial charge < -0.3 is 19.1 Å². The first kappa shape index (κ1) is 17.2. The van der Waals surface area contributed by atoms with Gasteiger partial charge in [-0.3, -0.25) is 4.79 Å². The molecule has 2 aliphatic rings. The summed E-state index contributed by atoms with van der Waals surface area (Å²) in [5.41, 5.74) is 1.00. The molecule has 0 atom stereocenters. The highest BCUT2D eigenvalue weighted by Crippen LogP contribution is 2.26.